The molecule has 0 radical (unpaired) electrons. The highest BCUT2D eigenvalue weighted by molar-refractivity contribution is 5.91. The molecule has 4 nitrogen and oxygen atoms in total. The fourth-order valence-electron chi connectivity index (χ4n) is 9.10. The molecular weight excluding hydrogens is 448 g/mol. The van der Waals surface area contributed by atoms with Crippen LogP contribution in [0.3, 0.4) is 0 Å². The van der Waals surface area contributed by atoms with Gasteiger partial charge in [0.1, 0.15) is 5.75 Å². The zero-order chi connectivity index (χ0) is 25.1. The summed E-state index contributed by atoms with van der Waals surface area (Å²) in [4.78, 5) is 12.7. The lowest BCUT2D eigenvalue weighted by atomic mass is 9.49. The van der Waals surface area contributed by atoms with Gasteiger partial charge in [-0.15, -0.1) is 0 Å². The number of ether oxygens (including phenoxy) is 1. The highest BCUT2D eigenvalue weighted by Crippen LogP contribution is 2.69. The van der Waals surface area contributed by atoms with Crippen LogP contribution in [0.2, 0.25) is 0 Å². The highest BCUT2D eigenvalue weighted by atomic mass is 16.5. The second kappa shape index (κ2) is 8.99. The lowest BCUT2D eigenvalue weighted by Gasteiger charge is -2.56. The van der Waals surface area contributed by atoms with E-state index in [1.54, 1.807) is 12.1 Å². The molecule has 3 fully saturated rings. The molecule has 0 bridgehead atoms. The van der Waals surface area contributed by atoms with Crippen LogP contribution in [0.4, 0.5) is 0 Å². The second-order valence-electron chi connectivity index (χ2n) is 12.4. The van der Waals surface area contributed by atoms with E-state index in [2.05, 4.69) is 26.0 Å². The van der Waals surface area contributed by atoms with E-state index in [4.69, 9.17) is 4.74 Å². The van der Waals surface area contributed by atoms with Crippen molar-refractivity contribution in [2.45, 2.75) is 89.3 Å². The molecule has 2 aromatic carbocycles. The van der Waals surface area contributed by atoms with Gasteiger partial charge in [0.15, 0.2) is 0 Å². The Kier molecular flexibility index (Phi) is 6.04. The minimum atomic E-state index is -0.729. The van der Waals surface area contributed by atoms with Crippen molar-refractivity contribution in [3.63, 3.8) is 0 Å². The molecule has 0 spiro atoms. The molecule has 3 unspecified atom stereocenters. The third-order valence-electron chi connectivity index (χ3n) is 10.7. The molecule has 2 N–H and O–H groups in total. The first-order valence-electron chi connectivity index (χ1n) is 14.1. The second-order valence-corrected chi connectivity index (χ2v) is 12.4. The lowest BCUT2D eigenvalue weighted by Crippen LogP contribution is -2.56. The van der Waals surface area contributed by atoms with E-state index in [1.165, 1.54) is 17.5 Å². The Morgan fingerprint density at radius 1 is 1.11 bits per heavy atom. The number of hydrogen-bond acceptors (Lipinski definition) is 4. The number of carbonyl (C=O) groups is 1. The summed E-state index contributed by atoms with van der Waals surface area (Å²) in [5, 5.41) is 22.5. The van der Waals surface area contributed by atoms with E-state index in [0.29, 0.717) is 47.3 Å². The van der Waals surface area contributed by atoms with Crippen molar-refractivity contribution < 1.29 is 19.7 Å². The molecule has 192 valence electrons. The molecule has 3 saturated carbocycles. The summed E-state index contributed by atoms with van der Waals surface area (Å²) in [6, 6.07) is 15.5. The number of aliphatic hydroxyl groups is 2. The SMILES string of the molecule is CCC[C@@H]1Cc2cc(OC(=O)c3ccccc3)ccc2C2CC[C@@]3(C)C(C[C@H]4CC[C@H](O)C[C@]43O)C21. The molecule has 0 heterocycles. The maximum atomic E-state index is 12.7. The molecule has 2 aromatic rings. The van der Waals surface area contributed by atoms with Crippen molar-refractivity contribution in [2.75, 3.05) is 0 Å². The molecular formula is C32H40O4. The molecule has 0 saturated heterocycles. The van der Waals surface area contributed by atoms with Crippen molar-refractivity contribution in [1.29, 1.82) is 0 Å². The number of carbonyl (C=O) groups excluding carboxylic acids is 1. The highest BCUT2D eigenvalue weighted by Gasteiger charge is 2.67. The van der Waals surface area contributed by atoms with Crippen LogP contribution in [-0.4, -0.2) is 27.9 Å². The van der Waals surface area contributed by atoms with Crippen LogP contribution in [0, 0.1) is 29.1 Å². The van der Waals surface area contributed by atoms with E-state index in [0.717, 1.165) is 44.9 Å². The van der Waals surface area contributed by atoms with Gasteiger partial charge in [0.25, 0.3) is 0 Å². The topological polar surface area (TPSA) is 66.8 Å². The monoisotopic (exact) mass is 488 g/mol. The van der Waals surface area contributed by atoms with Crippen molar-refractivity contribution >= 4 is 5.97 Å². The summed E-state index contributed by atoms with van der Waals surface area (Å²) in [6.45, 7) is 4.62. The number of hydrogen-bond donors (Lipinski definition) is 2. The zero-order valence-electron chi connectivity index (χ0n) is 21.7. The van der Waals surface area contributed by atoms with E-state index in [9.17, 15) is 15.0 Å². The minimum Gasteiger partial charge on any atom is -0.423 e. The summed E-state index contributed by atoms with van der Waals surface area (Å²) in [7, 11) is 0. The fraction of sp³-hybridized carbons (Fsp3) is 0.594. The maximum absolute atomic E-state index is 12.7. The van der Waals surface area contributed by atoms with Crippen LogP contribution < -0.4 is 4.74 Å². The normalized spacial score (nSPS) is 38.9. The van der Waals surface area contributed by atoms with E-state index in [-0.39, 0.29) is 17.5 Å². The summed E-state index contributed by atoms with van der Waals surface area (Å²) in [6.07, 6.45) is 8.52. The van der Waals surface area contributed by atoms with Crippen LogP contribution in [0.15, 0.2) is 48.5 Å². The Balaban J connectivity index is 1.31. The molecule has 8 atom stereocenters. The van der Waals surface area contributed by atoms with E-state index < -0.39 is 5.60 Å². The molecule has 36 heavy (non-hydrogen) atoms. The Labute approximate surface area is 215 Å². The predicted molar refractivity (Wildman–Crippen MR) is 140 cm³/mol. The van der Waals surface area contributed by atoms with Gasteiger partial charge >= 0.3 is 5.97 Å². The lowest BCUT2D eigenvalue weighted by molar-refractivity contribution is -0.160. The fourth-order valence-corrected chi connectivity index (χ4v) is 9.10. The average Bonchev–Trinajstić information content (AvgIpc) is 3.10. The Hall–Kier alpha value is -2.17. The van der Waals surface area contributed by atoms with Gasteiger partial charge in [-0.3, -0.25) is 0 Å². The Bertz CT molecular complexity index is 1130. The van der Waals surface area contributed by atoms with Crippen molar-refractivity contribution in [1.82, 2.24) is 0 Å². The van der Waals surface area contributed by atoms with Gasteiger partial charge in [0.2, 0.25) is 0 Å². The summed E-state index contributed by atoms with van der Waals surface area (Å²) < 4.78 is 5.77. The molecule has 0 aromatic heterocycles. The van der Waals surface area contributed by atoms with Gasteiger partial charge < -0.3 is 14.9 Å². The largest absolute Gasteiger partial charge is 0.423 e. The molecule has 4 aliphatic rings. The number of rotatable bonds is 4. The summed E-state index contributed by atoms with van der Waals surface area (Å²) >= 11 is 0. The van der Waals surface area contributed by atoms with Crippen molar-refractivity contribution in [2.24, 2.45) is 29.1 Å². The first-order valence-corrected chi connectivity index (χ1v) is 14.1. The quantitative estimate of drug-likeness (QED) is 0.392. The predicted octanol–water partition coefficient (Wildman–Crippen LogP) is 6.29. The minimum absolute atomic E-state index is 0.116. The molecule has 6 rings (SSSR count). The third-order valence-corrected chi connectivity index (χ3v) is 10.7. The third kappa shape index (κ3) is 3.67. The first kappa shape index (κ1) is 24.2. The summed E-state index contributed by atoms with van der Waals surface area (Å²) in [5.74, 6) is 2.77. The van der Waals surface area contributed by atoms with Crippen LogP contribution in [0.25, 0.3) is 0 Å². The number of aliphatic hydroxyl groups excluding tert-OH is 1. The van der Waals surface area contributed by atoms with E-state index in [1.807, 2.05) is 24.3 Å². The van der Waals surface area contributed by atoms with Crippen LogP contribution in [0.5, 0.6) is 5.75 Å². The zero-order valence-corrected chi connectivity index (χ0v) is 21.7. The van der Waals surface area contributed by atoms with Crippen LogP contribution >= 0.6 is 0 Å². The number of esters is 1. The number of fused-ring (bicyclic) bond motifs is 7. The standard InChI is InChI=1S/C32H40O4/c1-3-7-21-16-22-17-25(36-30(34)20-8-5-4-6-9-20)12-13-26(22)27-14-15-31(2)28(29(21)27)18-23-10-11-24(33)19-32(23,31)35/h4-6,8-9,12-13,17,21,23-24,27-29,33,35H,3,7,10-11,14-16,18-19H2,1-2H3/t21-,23-,24+,27?,28?,29?,31+,32+/m1/s1. The van der Waals surface area contributed by atoms with Gasteiger partial charge in [-0.2, -0.15) is 0 Å². The van der Waals surface area contributed by atoms with Crippen molar-refractivity contribution in [3.05, 3.63) is 65.2 Å². The molecule has 4 heteroatoms. The van der Waals surface area contributed by atoms with Crippen molar-refractivity contribution in [3.8, 4) is 5.75 Å². The van der Waals surface area contributed by atoms with Gasteiger partial charge in [-0.25, -0.2) is 4.79 Å². The van der Waals surface area contributed by atoms with Gasteiger partial charge in [-0.1, -0.05) is 51.0 Å². The smallest absolute Gasteiger partial charge is 0.343 e. The first-order chi connectivity index (χ1) is 17.3. The average molecular weight is 489 g/mol. The maximum Gasteiger partial charge on any atom is 0.343 e. The van der Waals surface area contributed by atoms with E-state index >= 15 is 0 Å². The molecule has 0 amide bonds. The van der Waals surface area contributed by atoms with Gasteiger partial charge in [0, 0.05) is 6.42 Å². The van der Waals surface area contributed by atoms with Gasteiger partial charge in [-0.05, 0) is 109 Å². The van der Waals surface area contributed by atoms with Gasteiger partial charge in [0.05, 0.1) is 17.3 Å². The molecule has 4 aliphatic carbocycles. The Morgan fingerprint density at radius 3 is 2.69 bits per heavy atom. The Morgan fingerprint density at radius 2 is 1.92 bits per heavy atom. The van der Waals surface area contributed by atoms with Crippen LogP contribution in [0.1, 0.15) is 92.6 Å². The molecule has 0 aliphatic heterocycles. The number of benzene rings is 2. The van der Waals surface area contributed by atoms with Crippen LogP contribution in [-0.2, 0) is 6.42 Å². The summed E-state index contributed by atoms with van der Waals surface area (Å²) in [5.41, 5.74) is 2.48.